The van der Waals surface area contributed by atoms with Crippen LogP contribution < -0.4 is 5.32 Å². The summed E-state index contributed by atoms with van der Waals surface area (Å²) < 4.78 is 0. The summed E-state index contributed by atoms with van der Waals surface area (Å²) in [6.07, 6.45) is 8.06. The monoisotopic (exact) mass is 267 g/mol. The largest absolute Gasteiger partial charge is 0.311 e. The standard InChI is InChI=1S/C16H33N3/c1-4-5-14(2)17-15-6-12-19(13-7-15)16-8-10-18(3)11-9-16/h14-17H,4-13H2,1-3H3/t14-/m0/s1. The summed E-state index contributed by atoms with van der Waals surface area (Å²) in [7, 11) is 2.25. The topological polar surface area (TPSA) is 18.5 Å². The fraction of sp³-hybridized carbons (Fsp3) is 1.00. The minimum atomic E-state index is 0.699. The average molecular weight is 267 g/mol. The van der Waals surface area contributed by atoms with Crippen molar-refractivity contribution < 1.29 is 0 Å². The third-order valence-corrected chi connectivity index (χ3v) is 4.98. The molecule has 2 aliphatic heterocycles. The molecule has 0 amide bonds. The van der Waals surface area contributed by atoms with Crippen LogP contribution in [0.4, 0.5) is 0 Å². The molecule has 2 saturated heterocycles. The van der Waals surface area contributed by atoms with E-state index in [1.165, 1.54) is 64.7 Å². The average Bonchev–Trinajstić information content (AvgIpc) is 2.41. The lowest BCUT2D eigenvalue weighted by molar-refractivity contribution is 0.0905. The van der Waals surface area contributed by atoms with Gasteiger partial charge in [0.15, 0.2) is 0 Å². The maximum Gasteiger partial charge on any atom is 0.0120 e. The van der Waals surface area contributed by atoms with Crippen LogP contribution in [0, 0.1) is 0 Å². The first-order valence-corrected chi connectivity index (χ1v) is 8.37. The molecule has 0 unspecified atom stereocenters. The van der Waals surface area contributed by atoms with Crippen LogP contribution in [0.15, 0.2) is 0 Å². The molecule has 0 spiro atoms. The highest BCUT2D eigenvalue weighted by Gasteiger charge is 2.27. The first-order valence-electron chi connectivity index (χ1n) is 8.37. The quantitative estimate of drug-likeness (QED) is 0.825. The van der Waals surface area contributed by atoms with Crippen molar-refractivity contribution in [3.8, 4) is 0 Å². The van der Waals surface area contributed by atoms with Gasteiger partial charge in [0.05, 0.1) is 0 Å². The molecular weight excluding hydrogens is 234 g/mol. The maximum atomic E-state index is 3.82. The predicted molar refractivity (Wildman–Crippen MR) is 82.6 cm³/mol. The normalized spacial score (nSPS) is 26.7. The molecule has 2 fully saturated rings. The van der Waals surface area contributed by atoms with Gasteiger partial charge in [-0.3, -0.25) is 0 Å². The van der Waals surface area contributed by atoms with E-state index in [-0.39, 0.29) is 0 Å². The molecule has 112 valence electrons. The summed E-state index contributed by atoms with van der Waals surface area (Å²) in [5.74, 6) is 0. The van der Waals surface area contributed by atoms with Gasteiger partial charge in [-0.05, 0) is 72.3 Å². The molecule has 0 aromatic heterocycles. The van der Waals surface area contributed by atoms with Crippen molar-refractivity contribution in [2.24, 2.45) is 0 Å². The molecular formula is C16H33N3. The Morgan fingerprint density at radius 2 is 1.68 bits per heavy atom. The van der Waals surface area contributed by atoms with Gasteiger partial charge in [0.25, 0.3) is 0 Å². The zero-order chi connectivity index (χ0) is 13.7. The lowest BCUT2D eigenvalue weighted by atomic mass is 9.97. The summed E-state index contributed by atoms with van der Waals surface area (Å²) in [5, 5.41) is 3.82. The lowest BCUT2D eigenvalue weighted by Crippen LogP contribution is -2.51. The van der Waals surface area contributed by atoms with Crippen LogP contribution in [0.3, 0.4) is 0 Å². The van der Waals surface area contributed by atoms with E-state index in [4.69, 9.17) is 0 Å². The zero-order valence-corrected chi connectivity index (χ0v) is 13.2. The van der Waals surface area contributed by atoms with E-state index in [2.05, 4.69) is 36.0 Å². The lowest BCUT2D eigenvalue weighted by Gasteiger charge is -2.41. The van der Waals surface area contributed by atoms with Gasteiger partial charge in [-0.15, -0.1) is 0 Å². The number of nitrogens with one attached hydrogen (secondary N) is 1. The summed E-state index contributed by atoms with van der Waals surface area (Å²) >= 11 is 0. The molecule has 1 atom stereocenters. The van der Waals surface area contributed by atoms with Crippen LogP contribution in [-0.2, 0) is 0 Å². The maximum absolute atomic E-state index is 3.82. The second-order valence-electron chi connectivity index (χ2n) is 6.70. The van der Waals surface area contributed by atoms with Crippen molar-refractivity contribution in [3.05, 3.63) is 0 Å². The number of hydrogen-bond donors (Lipinski definition) is 1. The summed E-state index contributed by atoms with van der Waals surface area (Å²) in [6, 6.07) is 2.33. The fourth-order valence-corrected chi connectivity index (χ4v) is 3.71. The molecule has 3 nitrogen and oxygen atoms in total. The Labute approximate surface area is 119 Å². The third-order valence-electron chi connectivity index (χ3n) is 4.98. The number of likely N-dealkylation sites (tertiary alicyclic amines) is 2. The van der Waals surface area contributed by atoms with Gasteiger partial charge in [0, 0.05) is 18.1 Å². The van der Waals surface area contributed by atoms with E-state index < -0.39 is 0 Å². The Balaban J connectivity index is 1.67. The van der Waals surface area contributed by atoms with E-state index in [0.29, 0.717) is 6.04 Å². The minimum Gasteiger partial charge on any atom is -0.311 e. The number of nitrogens with zero attached hydrogens (tertiary/aromatic N) is 2. The molecule has 0 aliphatic carbocycles. The molecule has 0 aromatic rings. The van der Waals surface area contributed by atoms with Gasteiger partial charge < -0.3 is 15.1 Å². The summed E-state index contributed by atoms with van der Waals surface area (Å²) in [4.78, 5) is 5.23. The van der Waals surface area contributed by atoms with Crippen molar-refractivity contribution in [3.63, 3.8) is 0 Å². The third kappa shape index (κ3) is 4.73. The second kappa shape index (κ2) is 7.61. The van der Waals surface area contributed by atoms with Gasteiger partial charge in [0.2, 0.25) is 0 Å². The van der Waals surface area contributed by atoms with Crippen molar-refractivity contribution in [1.82, 2.24) is 15.1 Å². The highest BCUT2D eigenvalue weighted by molar-refractivity contribution is 4.85. The molecule has 0 bridgehead atoms. The Kier molecular flexibility index (Phi) is 6.11. The van der Waals surface area contributed by atoms with Crippen LogP contribution in [-0.4, -0.2) is 61.2 Å². The van der Waals surface area contributed by atoms with Crippen LogP contribution in [0.5, 0.6) is 0 Å². The first-order chi connectivity index (χ1) is 9.19. The minimum absolute atomic E-state index is 0.699. The second-order valence-corrected chi connectivity index (χ2v) is 6.70. The van der Waals surface area contributed by atoms with E-state index in [1.807, 2.05) is 0 Å². The van der Waals surface area contributed by atoms with E-state index in [1.54, 1.807) is 0 Å². The SMILES string of the molecule is CCC[C@H](C)NC1CCN(C2CCN(C)CC2)CC1. The molecule has 0 aromatic carbocycles. The van der Waals surface area contributed by atoms with Crippen LogP contribution in [0.2, 0.25) is 0 Å². The number of hydrogen-bond acceptors (Lipinski definition) is 3. The molecule has 2 aliphatic rings. The van der Waals surface area contributed by atoms with Crippen LogP contribution in [0.25, 0.3) is 0 Å². The Bertz CT molecular complexity index is 240. The van der Waals surface area contributed by atoms with Crippen molar-refractivity contribution in [2.75, 3.05) is 33.2 Å². The van der Waals surface area contributed by atoms with Crippen molar-refractivity contribution >= 4 is 0 Å². The van der Waals surface area contributed by atoms with Gasteiger partial charge in [-0.25, -0.2) is 0 Å². The molecule has 2 rings (SSSR count). The molecule has 2 heterocycles. The fourth-order valence-electron chi connectivity index (χ4n) is 3.71. The van der Waals surface area contributed by atoms with Crippen LogP contribution >= 0.6 is 0 Å². The zero-order valence-electron chi connectivity index (χ0n) is 13.2. The smallest absolute Gasteiger partial charge is 0.0120 e. The highest BCUT2D eigenvalue weighted by Crippen LogP contribution is 2.20. The van der Waals surface area contributed by atoms with Gasteiger partial charge in [-0.1, -0.05) is 13.3 Å². The number of piperidine rings is 2. The molecule has 3 heteroatoms. The van der Waals surface area contributed by atoms with Crippen LogP contribution in [0.1, 0.15) is 52.4 Å². The molecule has 1 N–H and O–H groups in total. The van der Waals surface area contributed by atoms with Gasteiger partial charge in [-0.2, -0.15) is 0 Å². The van der Waals surface area contributed by atoms with E-state index >= 15 is 0 Å². The van der Waals surface area contributed by atoms with Gasteiger partial charge in [0.1, 0.15) is 0 Å². The first kappa shape index (κ1) is 15.3. The Hall–Kier alpha value is -0.120. The Morgan fingerprint density at radius 1 is 1.05 bits per heavy atom. The number of rotatable bonds is 5. The summed E-state index contributed by atoms with van der Waals surface area (Å²) in [6.45, 7) is 9.82. The van der Waals surface area contributed by atoms with Gasteiger partial charge >= 0.3 is 0 Å². The highest BCUT2D eigenvalue weighted by atomic mass is 15.2. The van der Waals surface area contributed by atoms with E-state index in [9.17, 15) is 0 Å². The summed E-state index contributed by atoms with van der Waals surface area (Å²) in [5.41, 5.74) is 0. The molecule has 19 heavy (non-hydrogen) atoms. The molecule has 0 saturated carbocycles. The Morgan fingerprint density at radius 3 is 2.26 bits per heavy atom. The predicted octanol–water partition coefficient (Wildman–Crippen LogP) is 2.32. The van der Waals surface area contributed by atoms with Crippen molar-refractivity contribution in [2.45, 2.75) is 70.5 Å². The van der Waals surface area contributed by atoms with E-state index in [0.717, 1.165) is 12.1 Å². The molecule has 0 radical (unpaired) electrons. The van der Waals surface area contributed by atoms with Crippen molar-refractivity contribution in [1.29, 1.82) is 0 Å².